The summed E-state index contributed by atoms with van der Waals surface area (Å²) in [5.74, 6) is -0.475. The van der Waals surface area contributed by atoms with Crippen LogP contribution in [-0.4, -0.2) is 31.7 Å². The zero-order valence-electron chi connectivity index (χ0n) is 9.58. The normalized spacial score (nSPS) is 22.9. The predicted octanol–water partition coefficient (Wildman–Crippen LogP) is 2.14. The maximum absolute atomic E-state index is 13.5. The highest BCUT2D eigenvalue weighted by Gasteiger charge is 2.31. The van der Waals surface area contributed by atoms with Crippen molar-refractivity contribution < 1.29 is 13.9 Å². The van der Waals surface area contributed by atoms with Gasteiger partial charge in [-0.1, -0.05) is 0 Å². The lowest BCUT2D eigenvalue weighted by atomic mass is 10.1. The summed E-state index contributed by atoms with van der Waals surface area (Å²) in [6.45, 7) is 1.87. The molecule has 1 aromatic rings. The third kappa shape index (κ3) is 1.99. The number of hydrogen-bond acceptors (Lipinski definition) is 3. The minimum Gasteiger partial charge on any atom is -0.377 e. The molecule has 6 heteroatoms. The topological polar surface area (TPSA) is 41.6 Å². The largest absolute Gasteiger partial charge is 0.377 e. The van der Waals surface area contributed by atoms with Crippen LogP contribution in [0.15, 0.2) is 16.6 Å². The van der Waals surface area contributed by atoms with Crippen LogP contribution >= 0.6 is 15.9 Å². The third-order valence-corrected chi connectivity index (χ3v) is 3.88. The maximum atomic E-state index is 13.5. The third-order valence-electron chi connectivity index (χ3n) is 3.27. The van der Waals surface area contributed by atoms with Gasteiger partial charge in [-0.2, -0.15) is 0 Å². The van der Waals surface area contributed by atoms with Gasteiger partial charge < -0.3 is 15.0 Å². The Morgan fingerprint density at radius 3 is 3.17 bits per heavy atom. The van der Waals surface area contributed by atoms with Crippen molar-refractivity contribution in [2.75, 3.05) is 30.0 Å². The van der Waals surface area contributed by atoms with Gasteiger partial charge in [-0.15, -0.1) is 0 Å². The van der Waals surface area contributed by atoms with Crippen LogP contribution in [0.1, 0.15) is 6.42 Å². The van der Waals surface area contributed by atoms with Crippen LogP contribution < -0.4 is 10.2 Å². The van der Waals surface area contributed by atoms with Gasteiger partial charge in [0.05, 0.1) is 35.1 Å². The fourth-order valence-electron chi connectivity index (χ4n) is 2.43. The molecule has 2 aliphatic heterocycles. The van der Waals surface area contributed by atoms with Crippen LogP contribution in [0.3, 0.4) is 0 Å². The monoisotopic (exact) mass is 314 g/mol. The van der Waals surface area contributed by atoms with Gasteiger partial charge in [0.25, 0.3) is 0 Å². The minimum absolute atomic E-state index is 0.0253. The fraction of sp³-hybridized carbons (Fsp3) is 0.417. The van der Waals surface area contributed by atoms with E-state index in [0.717, 1.165) is 5.69 Å². The number of halogens is 2. The summed E-state index contributed by atoms with van der Waals surface area (Å²) >= 11 is 3.19. The molecule has 2 heterocycles. The Kier molecular flexibility index (Phi) is 2.99. The molecule has 0 bridgehead atoms. The second-order valence-electron chi connectivity index (χ2n) is 4.46. The second kappa shape index (κ2) is 4.51. The number of ether oxygens (including phenoxy) is 1. The Balaban J connectivity index is 2.09. The molecule has 0 spiro atoms. The molecule has 1 fully saturated rings. The van der Waals surface area contributed by atoms with Gasteiger partial charge in [0.15, 0.2) is 0 Å². The summed E-state index contributed by atoms with van der Waals surface area (Å²) in [5.41, 5.74) is 1.38. The number of rotatable bonds is 0. The molecule has 0 radical (unpaired) electrons. The molecule has 1 aromatic carbocycles. The summed E-state index contributed by atoms with van der Waals surface area (Å²) in [6.07, 6.45) is 0.369. The second-order valence-corrected chi connectivity index (χ2v) is 5.31. The molecule has 0 aliphatic carbocycles. The molecule has 1 amide bonds. The lowest BCUT2D eigenvalue weighted by Gasteiger charge is -2.36. The molecule has 3 rings (SSSR count). The first-order chi connectivity index (χ1) is 8.65. The standard InChI is InChI=1S/C12H12BrFN2O2/c13-8-4-11-10(5-9(8)14)15-12(17)3-7-6-18-2-1-16(7)11/h4-5,7H,1-3,6H2,(H,15,17). The minimum atomic E-state index is -0.374. The first kappa shape index (κ1) is 11.9. The number of carbonyl (C=O) groups is 1. The highest BCUT2D eigenvalue weighted by Crippen LogP contribution is 2.36. The molecular weight excluding hydrogens is 303 g/mol. The first-order valence-corrected chi connectivity index (χ1v) is 6.58. The fourth-order valence-corrected chi connectivity index (χ4v) is 2.76. The molecule has 0 aromatic heterocycles. The van der Waals surface area contributed by atoms with E-state index in [1.807, 2.05) is 0 Å². The summed E-state index contributed by atoms with van der Waals surface area (Å²) < 4.78 is 19.4. The van der Waals surface area contributed by atoms with E-state index in [-0.39, 0.29) is 17.8 Å². The van der Waals surface area contributed by atoms with Crippen LogP contribution in [0.2, 0.25) is 0 Å². The highest BCUT2D eigenvalue weighted by molar-refractivity contribution is 9.10. The summed E-state index contributed by atoms with van der Waals surface area (Å²) in [7, 11) is 0. The number of anilines is 2. The SMILES string of the molecule is O=C1CC2COCCN2c2cc(Br)c(F)cc2N1. The van der Waals surface area contributed by atoms with Gasteiger partial charge in [-0.25, -0.2) is 4.39 Å². The summed E-state index contributed by atoms with van der Waals surface area (Å²) in [4.78, 5) is 13.9. The van der Waals surface area contributed by atoms with E-state index < -0.39 is 0 Å². The number of nitrogens with one attached hydrogen (secondary N) is 1. The molecule has 2 aliphatic rings. The smallest absolute Gasteiger partial charge is 0.226 e. The molecule has 0 saturated carbocycles. The quantitative estimate of drug-likeness (QED) is 0.797. The highest BCUT2D eigenvalue weighted by atomic mass is 79.9. The number of fused-ring (bicyclic) bond motifs is 3. The Bertz CT molecular complexity index is 509. The Morgan fingerprint density at radius 2 is 2.33 bits per heavy atom. The molecule has 96 valence electrons. The van der Waals surface area contributed by atoms with E-state index in [0.29, 0.717) is 36.3 Å². The van der Waals surface area contributed by atoms with E-state index in [1.54, 1.807) is 6.07 Å². The van der Waals surface area contributed by atoms with Crippen LogP contribution in [0.4, 0.5) is 15.8 Å². The zero-order chi connectivity index (χ0) is 12.7. The summed E-state index contributed by atoms with van der Waals surface area (Å²) in [6, 6.07) is 3.10. The maximum Gasteiger partial charge on any atom is 0.226 e. The predicted molar refractivity (Wildman–Crippen MR) is 69.3 cm³/mol. The molecule has 1 saturated heterocycles. The van der Waals surface area contributed by atoms with Crippen LogP contribution in [0.25, 0.3) is 0 Å². The van der Waals surface area contributed by atoms with Crippen molar-refractivity contribution in [3.8, 4) is 0 Å². The number of amides is 1. The van der Waals surface area contributed by atoms with Crippen molar-refractivity contribution in [1.29, 1.82) is 0 Å². The van der Waals surface area contributed by atoms with Crippen molar-refractivity contribution >= 4 is 33.2 Å². The summed E-state index contributed by atoms with van der Waals surface area (Å²) in [5, 5.41) is 2.75. The number of nitrogens with zero attached hydrogens (tertiary/aromatic N) is 1. The average molecular weight is 315 g/mol. The molecule has 1 N–H and O–H groups in total. The Labute approximate surface area is 112 Å². The van der Waals surface area contributed by atoms with E-state index in [2.05, 4.69) is 26.1 Å². The Morgan fingerprint density at radius 1 is 1.50 bits per heavy atom. The van der Waals surface area contributed by atoms with Gasteiger partial charge in [-0.3, -0.25) is 4.79 Å². The number of hydrogen-bond donors (Lipinski definition) is 1. The van der Waals surface area contributed by atoms with Crippen molar-refractivity contribution in [3.05, 3.63) is 22.4 Å². The van der Waals surface area contributed by atoms with Gasteiger partial charge >= 0.3 is 0 Å². The van der Waals surface area contributed by atoms with Gasteiger partial charge in [-0.05, 0) is 22.0 Å². The average Bonchev–Trinajstić information content (AvgIpc) is 2.46. The van der Waals surface area contributed by atoms with Gasteiger partial charge in [0, 0.05) is 19.0 Å². The molecule has 4 nitrogen and oxygen atoms in total. The van der Waals surface area contributed by atoms with Crippen molar-refractivity contribution in [3.63, 3.8) is 0 Å². The lowest BCUT2D eigenvalue weighted by Crippen LogP contribution is -2.45. The van der Waals surface area contributed by atoms with Gasteiger partial charge in [0.1, 0.15) is 5.82 Å². The first-order valence-electron chi connectivity index (χ1n) is 5.78. The molecule has 1 unspecified atom stereocenters. The molecular formula is C12H12BrFN2O2. The molecule has 1 atom stereocenters. The van der Waals surface area contributed by atoms with Crippen molar-refractivity contribution in [2.45, 2.75) is 12.5 Å². The van der Waals surface area contributed by atoms with Crippen molar-refractivity contribution in [1.82, 2.24) is 0 Å². The number of morpholine rings is 1. The van der Waals surface area contributed by atoms with Gasteiger partial charge in [0.2, 0.25) is 5.91 Å². The van der Waals surface area contributed by atoms with E-state index >= 15 is 0 Å². The van der Waals surface area contributed by atoms with Crippen molar-refractivity contribution in [2.24, 2.45) is 0 Å². The van der Waals surface area contributed by atoms with Crippen LogP contribution in [0, 0.1) is 5.82 Å². The number of benzene rings is 1. The van der Waals surface area contributed by atoms with Crippen LogP contribution in [-0.2, 0) is 9.53 Å². The molecule has 18 heavy (non-hydrogen) atoms. The Hall–Kier alpha value is -1.14. The lowest BCUT2D eigenvalue weighted by molar-refractivity contribution is -0.116. The van der Waals surface area contributed by atoms with E-state index in [1.165, 1.54) is 6.07 Å². The van der Waals surface area contributed by atoms with E-state index in [4.69, 9.17) is 4.74 Å². The van der Waals surface area contributed by atoms with E-state index in [9.17, 15) is 9.18 Å². The zero-order valence-corrected chi connectivity index (χ0v) is 11.2. The van der Waals surface area contributed by atoms with Crippen LogP contribution in [0.5, 0.6) is 0 Å². The number of carbonyl (C=O) groups excluding carboxylic acids is 1.